The molecule has 4 nitrogen and oxygen atoms in total. The first-order valence-corrected chi connectivity index (χ1v) is 6.05. The van der Waals surface area contributed by atoms with Gasteiger partial charge >= 0.3 is 5.63 Å². The van der Waals surface area contributed by atoms with Crippen molar-refractivity contribution in [1.29, 1.82) is 0 Å². The Hall–Kier alpha value is -1.52. The van der Waals surface area contributed by atoms with E-state index in [4.69, 9.17) is 20.8 Å². The second-order valence-electron chi connectivity index (χ2n) is 4.00. The van der Waals surface area contributed by atoms with Crippen molar-refractivity contribution in [2.75, 3.05) is 12.5 Å². The van der Waals surface area contributed by atoms with Crippen molar-refractivity contribution in [2.45, 2.75) is 13.0 Å². The minimum atomic E-state index is -0.751. The van der Waals surface area contributed by atoms with E-state index >= 15 is 0 Å². The monoisotopic (exact) mass is 268 g/mol. The highest BCUT2D eigenvalue weighted by molar-refractivity contribution is 6.18. The van der Waals surface area contributed by atoms with Crippen LogP contribution in [0.1, 0.15) is 5.56 Å². The molecule has 1 aromatic carbocycles. The molecule has 0 aliphatic heterocycles. The van der Waals surface area contributed by atoms with Gasteiger partial charge in [-0.05, 0) is 24.6 Å². The van der Waals surface area contributed by atoms with Crippen molar-refractivity contribution in [3.05, 3.63) is 40.2 Å². The number of alkyl halides is 1. The molecule has 96 valence electrons. The molecule has 0 fully saturated rings. The second kappa shape index (κ2) is 5.42. The Morgan fingerprint density at radius 2 is 2.17 bits per heavy atom. The molecular formula is C13H13ClO4. The van der Waals surface area contributed by atoms with Gasteiger partial charge < -0.3 is 14.3 Å². The molecule has 0 amide bonds. The number of benzene rings is 1. The number of aliphatic hydroxyl groups is 1. The van der Waals surface area contributed by atoms with Crippen LogP contribution in [0.5, 0.6) is 5.75 Å². The zero-order chi connectivity index (χ0) is 13.1. The minimum Gasteiger partial charge on any atom is -0.487 e. The Kier molecular flexibility index (Phi) is 3.89. The molecule has 0 radical (unpaired) electrons. The fraction of sp³-hybridized carbons (Fsp3) is 0.308. The zero-order valence-electron chi connectivity index (χ0n) is 9.85. The molecule has 1 N–H and O–H groups in total. The Labute approximate surface area is 109 Å². The van der Waals surface area contributed by atoms with Gasteiger partial charge in [-0.15, -0.1) is 11.6 Å². The van der Waals surface area contributed by atoms with Gasteiger partial charge in [0.15, 0.2) is 11.3 Å². The largest absolute Gasteiger partial charge is 0.487 e. The van der Waals surface area contributed by atoms with Crippen LogP contribution in [-0.2, 0) is 0 Å². The van der Waals surface area contributed by atoms with Crippen molar-refractivity contribution in [3.63, 3.8) is 0 Å². The molecule has 1 heterocycles. The van der Waals surface area contributed by atoms with E-state index < -0.39 is 11.7 Å². The molecule has 5 heteroatoms. The highest BCUT2D eigenvalue weighted by Crippen LogP contribution is 2.27. The summed E-state index contributed by atoms with van der Waals surface area (Å²) in [6.45, 7) is 1.97. The summed E-state index contributed by atoms with van der Waals surface area (Å²) >= 11 is 5.48. The SMILES string of the molecule is Cc1ccc(OCC(O)CCl)c2oc(=O)ccc12. The van der Waals surface area contributed by atoms with E-state index in [9.17, 15) is 9.90 Å². The van der Waals surface area contributed by atoms with Crippen molar-refractivity contribution in [3.8, 4) is 5.75 Å². The Morgan fingerprint density at radius 3 is 2.89 bits per heavy atom. The summed E-state index contributed by atoms with van der Waals surface area (Å²) in [5.41, 5.74) is 0.944. The molecule has 2 rings (SSSR count). The summed E-state index contributed by atoms with van der Waals surface area (Å²) in [6.07, 6.45) is -0.751. The van der Waals surface area contributed by atoms with Gasteiger partial charge in [-0.1, -0.05) is 6.07 Å². The first-order valence-electron chi connectivity index (χ1n) is 5.52. The average molecular weight is 269 g/mol. The maximum atomic E-state index is 11.2. The van der Waals surface area contributed by atoms with Crippen molar-refractivity contribution in [2.24, 2.45) is 0 Å². The lowest BCUT2D eigenvalue weighted by atomic mass is 10.1. The Bertz CT molecular complexity index is 605. The molecule has 1 atom stereocenters. The highest BCUT2D eigenvalue weighted by Gasteiger charge is 2.10. The van der Waals surface area contributed by atoms with Gasteiger partial charge in [0.2, 0.25) is 0 Å². The van der Waals surface area contributed by atoms with E-state index in [1.807, 2.05) is 13.0 Å². The quantitative estimate of drug-likeness (QED) is 0.681. The van der Waals surface area contributed by atoms with Crippen LogP contribution in [0, 0.1) is 6.92 Å². The standard InChI is InChI=1S/C13H13ClO4/c1-8-2-4-11(17-7-9(15)6-14)13-10(8)3-5-12(16)18-13/h2-5,9,15H,6-7H2,1H3. The number of hydrogen-bond donors (Lipinski definition) is 1. The lowest BCUT2D eigenvalue weighted by Gasteiger charge is -2.11. The maximum Gasteiger partial charge on any atom is 0.336 e. The van der Waals surface area contributed by atoms with Crippen LogP contribution in [0.15, 0.2) is 33.5 Å². The third-order valence-corrected chi connectivity index (χ3v) is 2.93. The lowest BCUT2D eigenvalue weighted by Crippen LogP contribution is -2.19. The number of hydrogen-bond acceptors (Lipinski definition) is 4. The number of aliphatic hydroxyl groups excluding tert-OH is 1. The van der Waals surface area contributed by atoms with E-state index in [0.717, 1.165) is 10.9 Å². The van der Waals surface area contributed by atoms with E-state index in [-0.39, 0.29) is 12.5 Å². The number of aryl methyl sites for hydroxylation is 1. The number of rotatable bonds is 4. The van der Waals surface area contributed by atoms with Gasteiger partial charge in [-0.3, -0.25) is 0 Å². The number of ether oxygens (including phenoxy) is 1. The van der Waals surface area contributed by atoms with Gasteiger partial charge in [0.25, 0.3) is 0 Å². The van der Waals surface area contributed by atoms with Gasteiger partial charge in [0.1, 0.15) is 12.7 Å². The molecule has 2 aromatic rings. The van der Waals surface area contributed by atoms with Crippen molar-refractivity contribution in [1.82, 2.24) is 0 Å². The summed E-state index contributed by atoms with van der Waals surface area (Å²) < 4.78 is 10.6. The molecule has 18 heavy (non-hydrogen) atoms. The first-order chi connectivity index (χ1) is 8.61. The molecular weight excluding hydrogens is 256 g/mol. The molecule has 0 saturated heterocycles. The minimum absolute atomic E-state index is 0.0558. The summed E-state index contributed by atoms with van der Waals surface area (Å²) in [6, 6.07) is 6.64. The average Bonchev–Trinajstić information content (AvgIpc) is 2.37. The molecule has 0 spiro atoms. The van der Waals surface area contributed by atoms with Crippen LogP contribution in [0.4, 0.5) is 0 Å². The molecule has 0 bridgehead atoms. The van der Waals surface area contributed by atoms with Crippen LogP contribution < -0.4 is 10.4 Å². The van der Waals surface area contributed by atoms with Crippen LogP contribution in [0.2, 0.25) is 0 Å². The molecule has 1 aromatic heterocycles. The summed E-state index contributed by atoms with van der Waals surface area (Å²) in [5, 5.41) is 10.2. The smallest absolute Gasteiger partial charge is 0.336 e. The molecule has 0 aliphatic carbocycles. The Morgan fingerprint density at radius 1 is 1.39 bits per heavy atom. The van der Waals surface area contributed by atoms with E-state index in [1.165, 1.54) is 6.07 Å². The van der Waals surface area contributed by atoms with E-state index in [2.05, 4.69) is 0 Å². The third-order valence-electron chi connectivity index (χ3n) is 2.58. The predicted molar refractivity (Wildman–Crippen MR) is 69.4 cm³/mol. The fourth-order valence-electron chi connectivity index (χ4n) is 1.62. The Balaban J connectivity index is 2.41. The van der Waals surface area contributed by atoms with Gasteiger partial charge in [-0.25, -0.2) is 4.79 Å². The van der Waals surface area contributed by atoms with E-state index in [1.54, 1.807) is 12.1 Å². The van der Waals surface area contributed by atoms with Gasteiger partial charge in [-0.2, -0.15) is 0 Å². The summed E-state index contributed by atoms with van der Waals surface area (Å²) in [5.74, 6) is 0.519. The lowest BCUT2D eigenvalue weighted by molar-refractivity contribution is 0.125. The van der Waals surface area contributed by atoms with Crippen LogP contribution in [0.3, 0.4) is 0 Å². The van der Waals surface area contributed by atoms with Gasteiger partial charge in [0, 0.05) is 11.5 Å². The number of fused-ring (bicyclic) bond motifs is 1. The highest BCUT2D eigenvalue weighted by atomic mass is 35.5. The summed E-state index contributed by atoms with van der Waals surface area (Å²) in [7, 11) is 0. The van der Waals surface area contributed by atoms with Crippen molar-refractivity contribution >= 4 is 22.6 Å². The zero-order valence-corrected chi connectivity index (χ0v) is 10.6. The van der Waals surface area contributed by atoms with E-state index in [0.29, 0.717) is 11.3 Å². The summed E-state index contributed by atoms with van der Waals surface area (Å²) in [4.78, 5) is 11.2. The van der Waals surface area contributed by atoms with Crippen LogP contribution in [0.25, 0.3) is 11.0 Å². The normalized spacial score (nSPS) is 12.6. The van der Waals surface area contributed by atoms with Crippen LogP contribution >= 0.6 is 11.6 Å². The molecule has 1 unspecified atom stereocenters. The van der Waals surface area contributed by atoms with Gasteiger partial charge in [0.05, 0.1) is 5.88 Å². The molecule has 0 aliphatic rings. The molecule has 0 saturated carbocycles. The fourth-order valence-corrected chi connectivity index (χ4v) is 1.71. The first kappa shape index (κ1) is 12.9. The second-order valence-corrected chi connectivity index (χ2v) is 4.31. The predicted octanol–water partition coefficient (Wildman–Crippen LogP) is 2.08. The number of halogens is 1. The third kappa shape index (κ3) is 2.66. The van der Waals surface area contributed by atoms with Crippen LogP contribution in [-0.4, -0.2) is 23.7 Å². The maximum absolute atomic E-state index is 11.2. The van der Waals surface area contributed by atoms with Crippen molar-refractivity contribution < 1.29 is 14.3 Å². The topological polar surface area (TPSA) is 59.7 Å².